The number of hydrogen-bond acceptors (Lipinski definition) is 1. The lowest BCUT2D eigenvalue weighted by Crippen LogP contribution is -2.32. The summed E-state index contributed by atoms with van der Waals surface area (Å²) >= 11 is 0. The maximum absolute atomic E-state index is 11.6. The minimum atomic E-state index is 0.249. The first kappa shape index (κ1) is 9.00. The molecule has 2 heteroatoms. The molecule has 0 radical (unpaired) electrons. The third-order valence-corrected chi connectivity index (χ3v) is 2.41. The average Bonchev–Trinajstić information content (AvgIpc) is 2.17. The highest BCUT2D eigenvalue weighted by Gasteiger charge is 2.14. The number of benzene rings is 1. The van der Waals surface area contributed by atoms with Gasteiger partial charge in [0, 0.05) is 12.0 Å². The van der Waals surface area contributed by atoms with Gasteiger partial charge in [-0.3, -0.25) is 0 Å². The van der Waals surface area contributed by atoms with Gasteiger partial charge in [0.1, 0.15) is 0 Å². The Labute approximate surface area is 83.4 Å². The lowest BCUT2D eigenvalue weighted by molar-refractivity contribution is -0.613. The first-order valence-corrected chi connectivity index (χ1v) is 4.81. The van der Waals surface area contributed by atoms with Crippen molar-refractivity contribution in [3.05, 3.63) is 47.4 Å². The van der Waals surface area contributed by atoms with Crippen LogP contribution in [0.1, 0.15) is 25.5 Å². The first-order chi connectivity index (χ1) is 6.70. The van der Waals surface area contributed by atoms with Gasteiger partial charge < -0.3 is 5.21 Å². The van der Waals surface area contributed by atoms with E-state index in [0.717, 1.165) is 21.2 Å². The Balaban J connectivity index is 2.83. The summed E-state index contributed by atoms with van der Waals surface area (Å²) in [6, 6.07) is 9.84. The van der Waals surface area contributed by atoms with Crippen LogP contribution in [-0.4, -0.2) is 0 Å². The fourth-order valence-corrected chi connectivity index (χ4v) is 1.79. The van der Waals surface area contributed by atoms with E-state index >= 15 is 0 Å². The zero-order valence-corrected chi connectivity index (χ0v) is 8.40. The van der Waals surface area contributed by atoms with E-state index in [1.165, 1.54) is 0 Å². The van der Waals surface area contributed by atoms with E-state index in [1.54, 1.807) is 6.20 Å². The van der Waals surface area contributed by atoms with Crippen LogP contribution in [0, 0.1) is 5.21 Å². The zero-order valence-electron chi connectivity index (χ0n) is 8.40. The zero-order chi connectivity index (χ0) is 10.1. The van der Waals surface area contributed by atoms with Crippen LogP contribution in [0.25, 0.3) is 10.8 Å². The summed E-state index contributed by atoms with van der Waals surface area (Å²) in [6.07, 6.45) is 1.58. The largest absolute Gasteiger partial charge is 0.618 e. The third kappa shape index (κ3) is 1.33. The molecule has 0 saturated heterocycles. The van der Waals surface area contributed by atoms with Crippen LogP contribution in [0.5, 0.6) is 0 Å². The molecule has 0 unspecified atom stereocenters. The molecule has 2 nitrogen and oxygen atoms in total. The molecule has 72 valence electrons. The molecule has 0 saturated carbocycles. The Hall–Kier alpha value is -1.57. The van der Waals surface area contributed by atoms with Gasteiger partial charge >= 0.3 is 0 Å². The molecule has 14 heavy (non-hydrogen) atoms. The second-order valence-electron chi connectivity index (χ2n) is 3.77. The molecule has 1 aromatic heterocycles. The van der Waals surface area contributed by atoms with E-state index in [4.69, 9.17) is 0 Å². The van der Waals surface area contributed by atoms with Crippen LogP contribution >= 0.6 is 0 Å². The highest BCUT2D eigenvalue weighted by atomic mass is 16.5. The van der Waals surface area contributed by atoms with Gasteiger partial charge in [-0.25, -0.2) is 0 Å². The molecule has 0 aliphatic carbocycles. The van der Waals surface area contributed by atoms with Crippen molar-refractivity contribution in [3.8, 4) is 0 Å². The Kier molecular flexibility index (Phi) is 2.12. The molecule has 0 spiro atoms. The Morgan fingerprint density at radius 2 is 1.86 bits per heavy atom. The Morgan fingerprint density at radius 3 is 2.57 bits per heavy atom. The van der Waals surface area contributed by atoms with E-state index in [2.05, 4.69) is 0 Å². The van der Waals surface area contributed by atoms with Crippen molar-refractivity contribution in [2.24, 2.45) is 0 Å². The molecule has 0 amide bonds. The number of rotatable bonds is 1. The van der Waals surface area contributed by atoms with E-state index in [1.807, 2.05) is 44.2 Å². The summed E-state index contributed by atoms with van der Waals surface area (Å²) in [5, 5.41) is 13.8. The maximum atomic E-state index is 11.6. The number of fused-ring (bicyclic) bond motifs is 1. The van der Waals surface area contributed by atoms with Gasteiger partial charge in [-0.2, -0.15) is 4.73 Å². The van der Waals surface area contributed by atoms with Crippen LogP contribution in [0.4, 0.5) is 0 Å². The monoisotopic (exact) mass is 187 g/mol. The quantitative estimate of drug-likeness (QED) is 0.498. The smallest absolute Gasteiger partial charge is 0.203 e. The third-order valence-electron chi connectivity index (χ3n) is 2.41. The number of hydrogen-bond donors (Lipinski definition) is 0. The summed E-state index contributed by atoms with van der Waals surface area (Å²) in [6.45, 7) is 4.08. The molecule has 2 aromatic rings. The van der Waals surface area contributed by atoms with Crippen LogP contribution in [0.3, 0.4) is 0 Å². The van der Waals surface area contributed by atoms with Gasteiger partial charge in [-0.1, -0.05) is 32.0 Å². The van der Waals surface area contributed by atoms with Gasteiger partial charge in [0.15, 0.2) is 6.20 Å². The molecule has 0 aliphatic heterocycles. The standard InChI is InChI=1S/C12H13NO/c1-9(2)12-11-6-4-3-5-10(11)7-8-13(12)14/h3-9H,1-2H3. The summed E-state index contributed by atoms with van der Waals surface area (Å²) in [5.74, 6) is 0.249. The Bertz CT molecular complexity index is 463. The van der Waals surface area contributed by atoms with Gasteiger partial charge in [0.05, 0.1) is 5.39 Å². The molecule has 2 rings (SSSR count). The SMILES string of the molecule is CC(C)c1c2ccccc2cc[n+]1[O-]. The normalized spacial score (nSPS) is 11.1. The number of pyridine rings is 1. The predicted molar refractivity (Wildman–Crippen MR) is 57.0 cm³/mol. The van der Waals surface area contributed by atoms with Crippen LogP contribution in [-0.2, 0) is 0 Å². The fraction of sp³-hybridized carbons (Fsp3) is 0.250. The van der Waals surface area contributed by atoms with Crippen LogP contribution in [0.15, 0.2) is 36.5 Å². The lowest BCUT2D eigenvalue weighted by atomic mass is 10.0. The van der Waals surface area contributed by atoms with E-state index in [0.29, 0.717) is 0 Å². The van der Waals surface area contributed by atoms with Crippen molar-refractivity contribution >= 4 is 10.8 Å². The molecular weight excluding hydrogens is 174 g/mol. The molecule has 0 bridgehead atoms. The van der Waals surface area contributed by atoms with Crippen molar-refractivity contribution in [3.63, 3.8) is 0 Å². The molecular formula is C12H13NO. The maximum Gasteiger partial charge on any atom is 0.203 e. The van der Waals surface area contributed by atoms with Crippen molar-refractivity contribution < 1.29 is 4.73 Å². The molecule has 0 atom stereocenters. The summed E-state index contributed by atoms with van der Waals surface area (Å²) in [7, 11) is 0. The molecule has 0 aliphatic rings. The highest BCUT2D eigenvalue weighted by molar-refractivity contribution is 5.83. The van der Waals surface area contributed by atoms with Crippen molar-refractivity contribution in [1.82, 2.24) is 0 Å². The van der Waals surface area contributed by atoms with Crippen molar-refractivity contribution in [2.45, 2.75) is 19.8 Å². The van der Waals surface area contributed by atoms with Crippen LogP contribution < -0.4 is 4.73 Å². The summed E-state index contributed by atoms with van der Waals surface area (Å²) in [5.41, 5.74) is 0.850. The van der Waals surface area contributed by atoms with E-state index in [9.17, 15) is 5.21 Å². The topological polar surface area (TPSA) is 26.9 Å². The van der Waals surface area contributed by atoms with Gasteiger partial charge in [-0.05, 0) is 11.5 Å². The fourth-order valence-electron chi connectivity index (χ4n) is 1.79. The second kappa shape index (κ2) is 3.29. The average molecular weight is 187 g/mol. The van der Waals surface area contributed by atoms with E-state index in [-0.39, 0.29) is 5.92 Å². The minimum Gasteiger partial charge on any atom is -0.618 e. The first-order valence-electron chi connectivity index (χ1n) is 4.81. The van der Waals surface area contributed by atoms with Gasteiger partial charge in [0.25, 0.3) is 0 Å². The molecule has 1 heterocycles. The van der Waals surface area contributed by atoms with Crippen LogP contribution in [0.2, 0.25) is 0 Å². The van der Waals surface area contributed by atoms with Gasteiger partial charge in [0.2, 0.25) is 5.69 Å². The highest BCUT2D eigenvalue weighted by Crippen LogP contribution is 2.21. The molecule has 0 fully saturated rings. The number of nitrogens with zero attached hydrogens (tertiary/aromatic N) is 1. The van der Waals surface area contributed by atoms with Gasteiger partial charge in [-0.15, -0.1) is 0 Å². The predicted octanol–water partition coefficient (Wildman–Crippen LogP) is 2.60. The lowest BCUT2D eigenvalue weighted by Gasteiger charge is -2.09. The summed E-state index contributed by atoms with van der Waals surface area (Å²) in [4.78, 5) is 0. The summed E-state index contributed by atoms with van der Waals surface area (Å²) < 4.78 is 0.965. The minimum absolute atomic E-state index is 0.249. The molecule has 1 aromatic carbocycles. The van der Waals surface area contributed by atoms with Crippen molar-refractivity contribution in [1.29, 1.82) is 0 Å². The number of aromatic nitrogens is 1. The van der Waals surface area contributed by atoms with Crippen molar-refractivity contribution in [2.75, 3.05) is 0 Å². The Morgan fingerprint density at radius 1 is 1.14 bits per heavy atom. The molecule has 0 N–H and O–H groups in total. The second-order valence-corrected chi connectivity index (χ2v) is 3.77. The van der Waals surface area contributed by atoms with E-state index < -0.39 is 0 Å².